The summed E-state index contributed by atoms with van der Waals surface area (Å²) in [5.41, 5.74) is 2.35. The van der Waals surface area contributed by atoms with E-state index in [2.05, 4.69) is 34.7 Å². The minimum Gasteiger partial charge on any atom is -0.383 e. The van der Waals surface area contributed by atoms with Crippen LogP contribution in [-0.4, -0.2) is 24.7 Å². The molecule has 1 fully saturated rings. The van der Waals surface area contributed by atoms with Gasteiger partial charge in [0, 0.05) is 25.4 Å². The molecule has 0 spiro atoms. The van der Waals surface area contributed by atoms with Crippen LogP contribution in [0.3, 0.4) is 0 Å². The normalized spacial score (nSPS) is 18.6. The Balaban J connectivity index is 1.72. The van der Waals surface area contributed by atoms with Gasteiger partial charge < -0.3 is 10.1 Å². The van der Waals surface area contributed by atoms with Crippen molar-refractivity contribution in [3.63, 3.8) is 0 Å². The molecule has 1 N–H and O–H groups in total. The van der Waals surface area contributed by atoms with Crippen molar-refractivity contribution in [2.75, 3.05) is 13.7 Å². The summed E-state index contributed by atoms with van der Waals surface area (Å²) in [7, 11) is 1.78. The summed E-state index contributed by atoms with van der Waals surface area (Å²) in [5.74, 6) is 0.792. The monoisotopic (exact) mass is 276 g/mol. The number of rotatable bonds is 6. The molecule has 1 aliphatic rings. The molecule has 3 rings (SSSR count). The number of thiophene rings is 1. The van der Waals surface area contributed by atoms with Gasteiger partial charge >= 0.3 is 0 Å². The van der Waals surface area contributed by atoms with Crippen molar-refractivity contribution in [1.82, 2.24) is 10.3 Å². The molecule has 102 valence electrons. The second-order valence-corrected chi connectivity index (χ2v) is 6.31. The average molecular weight is 276 g/mol. The molecule has 0 unspecified atom stereocenters. The van der Waals surface area contributed by atoms with Gasteiger partial charge in [-0.05, 0) is 48.8 Å². The fraction of sp³-hybridized carbons (Fsp3) is 0.533. The van der Waals surface area contributed by atoms with Crippen molar-refractivity contribution in [1.29, 1.82) is 0 Å². The third kappa shape index (κ3) is 2.96. The number of hydrogen-bond donors (Lipinski definition) is 1. The molecule has 0 saturated heterocycles. The number of nitrogens with zero attached hydrogens (tertiary/aromatic N) is 1. The third-order valence-corrected chi connectivity index (χ3v) is 4.68. The number of pyridine rings is 1. The molecule has 0 bridgehead atoms. The number of methoxy groups -OCH3 is 1. The van der Waals surface area contributed by atoms with Crippen LogP contribution < -0.4 is 5.32 Å². The Kier molecular flexibility index (Phi) is 3.82. The SMILES string of the molecule is COC[C@@H](N[C@@H](C)c1cnc2ccsc2c1)C1CC1. The van der Waals surface area contributed by atoms with Crippen molar-refractivity contribution in [3.05, 3.63) is 29.3 Å². The Morgan fingerprint density at radius 1 is 1.53 bits per heavy atom. The number of fused-ring (bicyclic) bond motifs is 1. The Morgan fingerprint density at radius 2 is 2.37 bits per heavy atom. The van der Waals surface area contributed by atoms with E-state index >= 15 is 0 Å². The third-order valence-electron chi connectivity index (χ3n) is 3.83. The Labute approximate surface area is 118 Å². The lowest BCUT2D eigenvalue weighted by Gasteiger charge is -2.22. The summed E-state index contributed by atoms with van der Waals surface area (Å²) in [6.45, 7) is 3.01. The van der Waals surface area contributed by atoms with Crippen LogP contribution in [0.1, 0.15) is 31.4 Å². The highest BCUT2D eigenvalue weighted by Crippen LogP contribution is 2.34. The zero-order chi connectivity index (χ0) is 13.2. The number of aromatic nitrogens is 1. The first-order valence-corrected chi connectivity index (χ1v) is 7.74. The molecule has 0 radical (unpaired) electrons. The smallest absolute Gasteiger partial charge is 0.0809 e. The molecule has 2 aromatic rings. The van der Waals surface area contributed by atoms with E-state index in [4.69, 9.17) is 4.74 Å². The molecule has 1 saturated carbocycles. The van der Waals surface area contributed by atoms with E-state index < -0.39 is 0 Å². The van der Waals surface area contributed by atoms with E-state index in [0.29, 0.717) is 12.1 Å². The van der Waals surface area contributed by atoms with Crippen LogP contribution in [0.4, 0.5) is 0 Å². The summed E-state index contributed by atoms with van der Waals surface area (Å²) < 4.78 is 6.59. The van der Waals surface area contributed by atoms with Gasteiger partial charge in [-0.15, -0.1) is 11.3 Å². The zero-order valence-electron chi connectivity index (χ0n) is 11.4. The summed E-state index contributed by atoms with van der Waals surface area (Å²) in [6.07, 6.45) is 4.65. The quantitative estimate of drug-likeness (QED) is 0.878. The molecule has 1 aliphatic carbocycles. The average Bonchev–Trinajstić information content (AvgIpc) is 3.15. The molecular formula is C15H20N2OS. The first-order valence-electron chi connectivity index (χ1n) is 6.86. The molecule has 4 heteroatoms. The van der Waals surface area contributed by atoms with Gasteiger partial charge in [-0.25, -0.2) is 0 Å². The van der Waals surface area contributed by atoms with E-state index in [1.807, 2.05) is 6.20 Å². The van der Waals surface area contributed by atoms with Crippen LogP contribution in [0.15, 0.2) is 23.7 Å². The lowest BCUT2D eigenvalue weighted by molar-refractivity contribution is 0.152. The second-order valence-electron chi connectivity index (χ2n) is 5.36. The summed E-state index contributed by atoms with van der Waals surface area (Å²) in [5, 5.41) is 5.79. The maximum atomic E-state index is 5.32. The summed E-state index contributed by atoms with van der Waals surface area (Å²) >= 11 is 1.75. The predicted octanol–water partition coefficient (Wildman–Crippen LogP) is 3.37. The van der Waals surface area contributed by atoms with Gasteiger partial charge in [-0.3, -0.25) is 4.98 Å². The molecule has 2 aromatic heterocycles. The molecular weight excluding hydrogens is 256 g/mol. The molecule has 0 aromatic carbocycles. The maximum Gasteiger partial charge on any atom is 0.0809 e. The van der Waals surface area contributed by atoms with Crippen LogP contribution in [-0.2, 0) is 4.74 Å². The van der Waals surface area contributed by atoms with Gasteiger partial charge in [0.2, 0.25) is 0 Å². The van der Waals surface area contributed by atoms with Crippen molar-refractivity contribution in [2.24, 2.45) is 5.92 Å². The van der Waals surface area contributed by atoms with Crippen LogP contribution in [0.2, 0.25) is 0 Å². The lowest BCUT2D eigenvalue weighted by atomic mass is 10.1. The number of hydrogen-bond acceptors (Lipinski definition) is 4. The van der Waals surface area contributed by atoms with Crippen LogP contribution in [0, 0.1) is 5.92 Å². The van der Waals surface area contributed by atoms with Gasteiger partial charge in [0.1, 0.15) is 0 Å². The van der Waals surface area contributed by atoms with E-state index in [-0.39, 0.29) is 0 Å². The van der Waals surface area contributed by atoms with Gasteiger partial charge in [0.05, 0.1) is 16.8 Å². The molecule has 19 heavy (non-hydrogen) atoms. The fourth-order valence-corrected chi connectivity index (χ4v) is 3.30. The second kappa shape index (κ2) is 5.57. The summed E-state index contributed by atoms with van der Waals surface area (Å²) in [6, 6.07) is 5.11. The van der Waals surface area contributed by atoms with Gasteiger partial charge in [0.25, 0.3) is 0 Å². The topological polar surface area (TPSA) is 34.1 Å². The Hall–Kier alpha value is -0.970. The van der Waals surface area contributed by atoms with Crippen LogP contribution in [0.25, 0.3) is 10.2 Å². The first-order chi connectivity index (χ1) is 9.28. The van der Waals surface area contributed by atoms with Crippen molar-refractivity contribution in [2.45, 2.75) is 31.8 Å². The van der Waals surface area contributed by atoms with Crippen molar-refractivity contribution >= 4 is 21.6 Å². The highest BCUT2D eigenvalue weighted by molar-refractivity contribution is 7.17. The highest BCUT2D eigenvalue weighted by atomic mass is 32.1. The first kappa shape index (κ1) is 13.0. The van der Waals surface area contributed by atoms with Gasteiger partial charge in [0.15, 0.2) is 0 Å². The Morgan fingerprint density at radius 3 is 3.11 bits per heavy atom. The van der Waals surface area contributed by atoms with Crippen molar-refractivity contribution < 1.29 is 4.74 Å². The fourth-order valence-electron chi connectivity index (χ4n) is 2.51. The summed E-state index contributed by atoms with van der Waals surface area (Å²) in [4.78, 5) is 4.52. The zero-order valence-corrected chi connectivity index (χ0v) is 12.2. The van der Waals surface area contributed by atoms with Gasteiger partial charge in [-0.2, -0.15) is 0 Å². The molecule has 0 amide bonds. The standard InChI is InChI=1S/C15H20N2OS/c1-10(17-14(9-18-2)11-3-4-11)12-7-15-13(16-8-12)5-6-19-15/h5-8,10-11,14,17H,3-4,9H2,1-2H3/t10-,14+/m0/s1. The molecule has 0 aliphatic heterocycles. The Bertz CT molecular complexity index is 550. The maximum absolute atomic E-state index is 5.32. The minimum atomic E-state index is 0.319. The van der Waals surface area contributed by atoms with Gasteiger partial charge in [-0.1, -0.05) is 0 Å². The number of ether oxygens (including phenoxy) is 1. The molecule has 2 atom stereocenters. The van der Waals surface area contributed by atoms with E-state index in [9.17, 15) is 0 Å². The van der Waals surface area contributed by atoms with E-state index in [1.165, 1.54) is 23.1 Å². The highest BCUT2D eigenvalue weighted by Gasteiger charge is 2.31. The van der Waals surface area contributed by atoms with Crippen molar-refractivity contribution in [3.8, 4) is 0 Å². The largest absolute Gasteiger partial charge is 0.383 e. The van der Waals surface area contributed by atoms with E-state index in [1.54, 1.807) is 18.4 Å². The predicted molar refractivity (Wildman–Crippen MR) is 79.6 cm³/mol. The lowest BCUT2D eigenvalue weighted by Crippen LogP contribution is -2.37. The van der Waals surface area contributed by atoms with Crippen LogP contribution in [0.5, 0.6) is 0 Å². The van der Waals surface area contributed by atoms with Crippen LogP contribution >= 0.6 is 11.3 Å². The minimum absolute atomic E-state index is 0.319. The number of nitrogens with one attached hydrogen (secondary N) is 1. The molecule has 3 nitrogen and oxygen atoms in total. The molecule has 2 heterocycles. The van der Waals surface area contributed by atoms with E-state index in [0.717, 1.165) is 18.0 Å².